The maximum Gasteiger partial charge on any atom is 0.244 e. The highest BCUT2D eigenvalue weighted by Crippen LogP contribution is 2.16. The summed E-state index contributed by atoms with van der Waals surface area (Å²) in [7, 11) is 0. The number of hydrogen-bond acceptors (Lipinski definition) is 4. The molecule has 1 aromatic rings. The van der Waals surface area contributed by atoms with Gasteiger partial charge in [0.05, 0.1) is 0 Å². The van der Waals surface area contributed by atoms with Gasteiger partial charge in [-0.2, -0.15) is 0 Å². The van der Waals surface area contributed by atoms with Gasteiger partial charge in [-0.15, -0.1) is 0 Å². The van der Waals surface area contributed by atoms with Crippen LogP contribution in [0.1, 0.15) is 238 Å². The van der Waals surface area contributed by atoms with Crippen molar-refractivity contribution in [3.63, 3.8) is 0 Å². The van der Waals surface area contributed by atoms with Gasteiger partial charge in [-0.25, -0.2) is 0 Å². The molecule has 1 rings (SSSR count). The number of aromatic hydroxyl groups is 1. The Morgan fingerprint density at radius 3 is 1.22 bits per heavy atom. The van der Waals surface area contributed by atoms with Crippen LogP contribution in [0.5, 0.6) is 5.75 Å². The van der Waals surface area contributed by atoms with Gasteiger partial charge in [0.25, 0.3) is 0 Å². The molecule has 0 bridgehead atoms. The number of unbranched alkanes of at least 4 members (excludes halogenated alkanes) is 30. The Labute approximate surface area is 334 Å². The monoisotopic (exact) mass is 754 g/mol. The quantitative estimate of drug-likeness (QED) is 0.0460. The van der Waals surface area contributed by atoms with Crippen molar-refractivity contribution in [1.29, 1.82) is 0 Å². The fourth-order valence-electron chi connectivity index (χ4n) is 7.27. The number of amides is 2. The van der Waals surface area contributed by atoms with E-state index in [0.717, 1.165) is 31.2 Å². The Balaban J connectivity index is 2.15. The average Bonchev–Trinajstić information content (AvgIpc) is 3.17. The topological polar surface area (TPSA) is 90.8 Å². The van der Waals surface area contributed by atoms with E-state index in [4.69, 9.17) is 0 Å². The zero-order chi connectivity index (χ0) is 39.0. The summed E-state index contributed by atoms with van der Waals surface area (Å²) < 4.78 is 0. The number of phenolic OH excluding ortho intramolecular Hbond substituents is 1. The fraction of sp³-hybridized carbons (Fsp3) is 0.812. The number of rotatable bonds is 40. The highest BCUT2D eigenvalue weighted by Gasteiger charge is 2.18. The lowest BCUT2D eigenvalue weighted by Gasteiger charge is -2.13. The summed E-state index contributed by atoms with van der Waals surface area (Å²) >= 11 is 0. The highest BCUT2D eigenvalue weighted by molar-refractivity contribution is 5.87. The van der Waals surface area contributed by atoms with Crippen molar-refractivity contribution >= 4 is 18.0 Å². The summed E-state index contributed by atoms with van der Waals surface area (Å²) in [5, 5.41) is 15.7. The molecule has 0 spiro atoms. The van der Waals surface area contributed by atoms with Crippen LogP contribution in [0, 0.1) is 0 Å². The second-order valence-electron chi connectivity index (χ2n) is 16.2. The van der Waals surface area contributed by atoms with Crippen LogP contribution in [0.15, 0.2) is 29.3 Å². The lowest BCUT2D eigenvalue weighted by molar-refractivity contribution is -0.123. The van der Waals surface area contributed by atoms with Crippen molar-refractivity contribution in [2.24, 2.45) is 4.99 Å². The van der Waals surface area contributed by atoms with Crippen molar-refractivity contribution in [2.45, 2.75) is 238 Å². The van der Waals surface area contributed by atoms with E-state index in [0.29, 0.717) is 19.5 Å². The first-order chi connectivity index (χ1) is 26.6. The Kier molecular flexibility index (Phi) is 35.8. The Morgan fingerprint density at radius 2 is 0.852 bits per heavy atom. The van der Waals surface area contributed by atoms with Gasteiger partial charge in [0.1, 0.15) is 11.8 Å². The number of aliphatic imine (C=N–C) groups is 1. The number of carbonyl (C=O) groups is 2. The third kappa shape index (κ3) is 33.0. The number of phenols is 1. The van der Waals surface area contributed by atoms with E-state index in [1.54, 1.807) is 30.5 Å². The van der Waals surface area contributed by atoms with Crippen molar-refractivity contribution in [1.82, 2.24) is 10.6 Å². The SMILES string of the molecule is CCCCCCCCCCCCCCCCCCNC(=O)CC[C@H](N=Cc1ccc(O)cc1)C(=O)NCCCCCCCCCCCCCCCCCC. The number of carbonyl (C=O) groups excluding carboxylic acids is 2. The van der Waals surface area contributed by atoms with Crippen LogP contribution in [-0.4, -0.2) is 42.3 Å². The first kappa shape index (κ1) is 49.6. The van der Waals surface area contributed by atoms with Gasteiger partial charge in [-0.1, -0.05) is 206 Å². The second kappa shape index (κ2) is 38.9. The van der Waals surface area contributed by atoms with E-state index < -0.39 is 6.04 Å². The maximum absolute atomic E-state index is 13.1. The molecule has 0 aromatic heterocycles. The third-order valence-corrected chi connectivity index (χ3v) is 10.9. The van der Waals surface area contributed by atoms with Gasteiger partial charge >= 0.3 is 0 Å². The minimum absolute atomic E-state index is 0.00797. The highest BCUT2D eigenvalue weighted by atomic mass is 16.3. The van der Waals surface area contributed by atoms with Crippen LogP contribution >= 0.6 is 0 Å². The Hall–Kier alpha value is -2.37. The van der Waals surface area contributed by atoms with Crippen LogP contribution in [0.4, 0.5) is 0 Å². The molecule has 6 nitrogen and oxygen atoms in total. The van der Waals surface area contributed by atoms with E-state index in [9.17, 15) is 14.7 Å². The van der Waals surface area contributed by atoms with Crippen LogP contribution in [0.3, 0.4) is 0 Å². The normalized spacial score (nSPS) is 12.0. The molecule has 312 valence electrons. The number of hydrogen-bond donors (Lipinski definition) is 3. The van der Waals surface area contributed by atoms with E-state index in [2.05, 4.69) is 29.5 Å². The summed E-state index contributed by atoms with van der Waals surface area (Å²) in [4.78, 5) is 30.3. The van der Waals surface area contributed by atoms with Crippen molar-refractivity contribution in [3.8, 4) is 5.75 Å². The lowest BCUT2D eigenvalue weighted by Crippen LogP contribution is -2.35. The molecule has 0 aliphatic rings. The van der Waals surface area contributed by atoms with Gasteiger partial charge in [0, 0.05) is 25.7 Å². The molecule has 0 saturated heterocycles. The predicted octanol–water partition coefficient (Wildman–Crippen LogP) is 13.7. The predicted molar refractivity (Wildman–Crippen MR) is 234 cm³/mol. The van der Waals surface area contributed by atoms with Crippen LogP contribution in [-0.2, 0) is 9.59 Å². The molecule has 0 saturated carbocycles. The van der Waals surface area contributed by atoms with Crippen LogP contribution in [0.2, 0.25) is 0 Å². The summed E-state index contributed by atoms with van der Waals surface area (Å²) in [5.41, 5.74) is 0.816. The molecule has 0 fully saturated rings. The molecule has 3 N–H and O–H groups in total. The molecule has 0 aliphatic carbocycles. The molecular weight excluding hydrogens is 667 g/mol. The maximum atomic E-state index is 13.1. The van der Waals surface area contributed by atoms with Crippen LogP contribution < -0.4 is 10.6 Å². The molecule has 1 aromatic carbocycles. The summed E-state index contributed by atoms with van der Waals surface area (Å²) in [5.74, 6) is 0.0734. The Bertz CT molecular complexity index is 995. The van der Waals surface area contributed by atoms with Crippen molar-refractivity contribution in [2.75, 3.05) is 13.1 Å². The Morgan fingerprint density at radius 1 is 0.519 bits per heavy atom. The zero-order valence-electron chi connectivity index (χ0n) is 35.6. The minimum atomic E-state index is -0.610. The molecule has 2 amide bonds. The molecule has 1 atom stereocenters. The van der Waals surface area contributed by atoms with E-state index in [-0.39, 0.29) is 24.0 Å². The largest absolute Gasteiger partial charge is 0.508 e. The van der Waals surface area contributed by atoms with E-state index in [1.165, 1.54) is 180 Å². The fourth-order valence-corrected chi connectivity index (χ4v) is 7.27. The van der Waals surface area contributed by atoms with Crippen molar-refractivity contribution < 1.29 is 14.7 Å². The number of nitrogens with one attached hydrogen (secondary N) is 2. The molecule has 6 heteroatoms. The van der Waals surface area contributed by atoms with E-state index >= 15 is 0 Å². The first-order valence-electron chi connectivity index (χ1n) is 23.4. The van der Waals surface area contributed by atoms with Gasteiger partial charge in [-0.3, -0.25) is 14.6 Å². The summed E-state index contributed by atoms with van der Waals surface area (Å²) in [6.07, 6.45) is 45.0. The van der Waals surface area contributed by atoms with Gasteiger partial charge in [0.2, 0.25) is 11.8 Å². The standard InChI is InChI=1S/C48H87N3O3/c1-3-5-7-9-11-13-15-17-19-21-23-25-27-29-31-33-41-49-47(53)40-39-46(51-43-44-35-37-45(52)38-36-44)48(54)50-42-34-32-30-28-26-24-22-20-18-16-14-12-10-8-6-4-2/h35-38,43,46,52H,3-34,39-42H2,1-2H3,(H,49,53)(H,50,54)/t46-/m0/s1. The van der Waals surface area contributed by atoms with Gasteiger partial charge in [-0.05, 0) is 49.1 Å². The second-order valence-corrected chi connectivity index (χ2v) is 16.2. The summed E-state index contributed by atoms with van der Waals surface area (Å²) in [6, 6.07) is 6.16. The number of nitrogens with zero attached hydrogens (tertiary/aromatic N) is 1. The number of benzene rings is 1. The van der Waals surface area contributed by atoms with Crippen LogP contribution in [0.25, 0.3) is 0 Å². The lowest BCUT2D eigenvalue weighted by atomic mass is 10.0. The molecular formula is C48H87N3O3. The van der Waals surface area contributed by atoms with Crippen molar-refractivity contribution in [3.05, 3.63) is 29.8 Å². The minimum Gasteiger partial charge on any atom is -0.508 e. The molecule has 0 aliphatic heterocycles. The zero-order valence-corrected chi connectivity index (χ0v) is 35.6. The molecule has 54 heavy (non-hydrogen) atoms. The van der Waals surface area contributed by atoms with E-state index in [1.807, 2.05) is 0 Å². The summed E-state index contributed by atoms with van der Waals surface area (Å²) in [6.45, 7) is 5.91. The molecule has 0 radical (unpaired) electrons. The smallest absolute Gasteiger partial charge is 0.244 e. The third-order valence-electron chi connectivity index (χ3n) is 10.9. The molecule has 0 unspecified atom stereocenters. The van der Waals surface area contributed by atoms with Gasteiger partial charge in [0.15, 0.2) is 0 Å². The first-order valence-corrected chi connectivity index (χ1v) is 23.4. The molecule has 0 heterocycles. The average molecular weight is 754 g/mol. The van der Waals surface area contributed by atoms with Gasteiger partial charge < -0.3 is 15.7 Å².